The number of rotatable bonds is 4. The van der Waals surface area contributed by atoms with Gasteiger partial charge in [-0.2, -0.15) is 5.26 Å². The fourth-order valence-corrected chi connectivity index (χ4v) is 3.96. The Labute approximate surface area is 163 Å². The van der Waals surface area contributed by atoms with Crippen molar-refractivity contribution in [3.63, 3.8) is 0 Å². The molecule has 1 saturated carbocycles. The highest BCUT2D eigenvalue weighted by atomic mass is 19.1. The molecule has 0 bridgehead atoms. The number of benzene rings is 1. The minimum atomic E-state index is -1.37. The van der Waals surface area contributed by atoms with Gasteiger partial charge >= 0.3 is 6.03 Å². The van der Waals surface area contributed by atoms with Gasteiger partial charge in [0.1, 0.15) is 23.4 Å². The van der Waals surface area contributed by atoms with Gasteiger partial charge in [0.25, 0.3) is 5.91 Å². The number of imide groups is 1. The number of carbonyl (C=O) groups excluding carboxylic acids is 3. The first-order chi connectivity index (χ1) is 13.2. The minimum Gasteiger partial charge on any atom is -0.325 e. The third kappa shape index (κ3) is 3.21. The molecule has 0 aromatic heterocycles. The molecule has 4 amide bonds. The smallest absolute Gasteiger partial charge is 0.325 e. The van der Waals surface area contributed by atoms with Crippen LogP contribution in [0.3, 0.4) is 0 Å². The van der Waals surface area contributed by atoms with Gasteiger partial charge < -0.3 is 10.2 Å². The molecule has 8 heteroatoms. The summed E-state index contributed by atoms with van der Waals surface area (Å²) < 4.78 is 13.2. The van der Waals surface area contributed by atoms with Crippen LogP contribution in [0.25, 0.3) is 0 Å². The second kappa shape index (κ2) is 7.23. The first kappa shape index (κ1) is 19.8. The molecule has 1 aliphatic heterocycles. The zero-order valence-electron chi connectivity index (χ0n) is 16.0. The molecule has 1 aliphatic carbocycles. The van der Waals surface area contributed by atoms with Crippen LogP contribution in [-0.2, 0) is 15.1 Å². The van der Waals surface area contributed by atoms with Crippen molar-refractivity contribution in [2.75, 3.05) is 13.6 Å². The summed E-state index contributed by atoms with van der Waals surface area (Å²) in [6, 6.07) is 6.85. The van der Waals surface area contributed by atoms with Gasteiger partial charge in [-0.1, -0.05) is 31.4 Å². The zero-order valence-corrected chi connectivity index (χ0v) is 16.0. The van der Waals surface area contributed by atoms with Gasteiger partial charge in [0.2, 0.25) is 5.91 Å². The summed E-state index contributed by atoms with van der Waals surface area (Å²) >= 11 is 0. The van der Waals surface area contributed by atoms with E-state index in [1.54, 1.807) is 7.05 Å². The topological polar surface area (TPSA) is 93.5 Å². The summed E-state index contributed by atoms with van der Waals surface area (Å²) in [6.07, 6.45) is 3.90. The number of nitriles is 1. The molecule has 2 fully saturated rings. The zero-order chi connectivity index (χ0) is 20.5. The fraction of sp³-hybridized carbons (Fsp3) is 0.500. The average Bonchev–Trinajstić information content (AvgIpc) is 2.92. The number of halogens is 1. The molecule has 3 rings (SSSR count). The Hall–Kier alpha value is -2.95. The second-order valence-corrected chi connectivity index (χ2v) is 7.61. The summed E-state index contributed by atoms with van der Waals surface area (Å²) in [7, 11) is 1.55. The summed E-state index contributed by atoms with van der Waals surface area (Å²) in [4.78, 5) is 40.4. The fourth-order valence-electron chi connectivity index (χ4n) is 3.96. The van der Waals surface area contributed by atoms with Crippen LogP contribution in [0.1, 0.15) is 44.6 Å². The second-order valence-electron chi connectivity index (χ2n) is 7.61. The van der Waals surface area contributed by atoms with Crippen LogP contribution in [0, 0.1) is 17.1 Å². The third-order valence-corrected chi connectivity index (χ3v) is 5.89. The Bertz CT molecular complexity index is 842. The molecule has 0 unspecified atom stereocenters. The van der Waals surface area contributed by atoms with Gasteiger partial charge in [-0.05, 0) is 37.5 Å². The van der Waals surface area contributed by atoms with Crippen molar-refractivity contribution < 1.29 is 18.8 Å². The van der Waals surface area contributed by atoms with E-state index in [-0.39, 0.29) is 0 Å². The first-order valence-corrected chi connectivity index (χ1v) is 9.31. The number of likely N-dealkylation sites (N-methyl/N-ethyl adjacent to an activating group) is 1. The van der Waals surface area contributed by atoms with Crippen LogP contribution in [0.15, 0.2) is 24.3 Å². The first-order valence-electron chi connectivity index (χ1n) is 9.31. The molecular weight excluding hydrogens is 363 g/mol. The Morgan fingerprint density at radius 2 is 1.86 bits per heavy atom. The Balaban J connectivity index is 1.78. The maximum Gasteiger partial charge on any atom is 0.325 e. The molecule has 0 radical (unpaired) electrons. The molecule has 1 heterocycles. The molecule has 1 atom stereocenters. The molecule has 1 aromatic rings. The van der Waals surface area contributed by atoms with Crippen molar-refractivity contribution in [2.45, 2.75) is 50.1 Å². The maximum atomic E-state index is 13.2. The van der Waals surface area contributed by atoms with Crippen molar-refractivity contribution in [1.29, 1.82) is 5.26 Å². The molecule has 0 spiro atoms. The number of carbonyl (C=O) groups is 3. The van der Waals surface area contributed by atoms with Crippen LogP contribution >= 0.6 is 0 Å². The molecule has 7 nitrogen and oxygen atoms in total. The predicted octanol–water partition coefficient (Wildman–Crippen LogP) is 2.28. The number of hydrogen-bond acceptors (Lipinski definition) is 4. The van der Waals surface area contributed by atoms with Gasteiger partial charge in [-0.25, -0.2) is 9.18 Å². The Morgan fingerprint density at radius 3 is 2.43 bits per heavy atom. The average molecular weight is 386 g/mol. The molecule has 28 heavy (non-hydrogen) atoms. The summed E-state index contributed by atoms with van der Waals surface area (Å²) in [6.45, 7) is 1.08. The Kier molecular flexibility index (Phi) is 5.11. The largest absolute Gasteiger partial charge is 0.325 e. The maximum absolute atomic E-state index is 13.2. The lowest BCUT2D eigenvalue weighted by atomic mass is 9.81. The van der Waals surface area contributed by atoms with Crippen LogP contribution < -0.4 is 5.32 Å². The molecular formula is C20H23FN4O3. The van der Waals surface area contributed by atoms with Crippen molar-refractivity contribution >= 4 is 17.8 Å². The number of nitrogens with one attached hydrogen (secondary N) is 1. The van der Waals surface area contributed by atoms with E-state index in [9.17, 15) is 24.0 Å². The molecule has 1 N–H and O–H groups in total. The molecule has 1 aromatic carbocycles. The number of amides is 4. The van der Waals surface area contributed by atoms with E-state index in [0.29, 0.717) is 18.4 Å². The number of hydrogen-bond donors (Lipinski definition) is 1. The van der Waals surface area contributed by atoms with E-state index in [4.69, 9.17) is 0 Å². The lowest BCUT2D eigenvalue weighted by Crippen LogP contribution is -2.53. The van der Waals surface area contributed by atoms with E-state index in [0.717, 1.165) is 24.2 Å². The standard InChI is InChI=1S/C20H23FN4O3/c1-19(14-6-8-15(21)9-7-14)17(27)25(18(28)23-19)12-16(26)24(2)20(13-22)10-4-3-5-11-20/h6-9H,3-5,10-12H2,1-2H3,(H,23,28)/t19-/m1/s1. The van der Waals surface area contributed by atoms with Crippen molar-refractivity contribution in [3.8, 4) is 6.07 Å². The van der Waals surface area contributed by atoms with E-state index >= 15 is 0 Å². The summed E-state index contributed by atoms with van der Waals surface area (Å²) in [5, 5.41) is 12.2. The quantitative estimate of drug-likeness (QED) is 0.804. The van der Waals surface area contributed by atoms with E-state index in [2.05, 4.69) is 11.4 Å². The summed E-state index contributed by atoms with van der Waals surface area (Å²) in [5.74, 6) is -1.50. The van der Waals surface area contributed by atoms with Crippen LogP contribution in [-0.4, -0.2) is 46.8 Å². The van der Waals surface area contributed by atoms with Crippen molar-refractivity contribution in [1.82, 2.24) is 15.1 Å². The van der Waals surface area contributed by atoms with E-state index in [1.165, 1.54) is 36.1 Å². The highest BCUT2D eigenvalue weighted by Crippen LogP contribution is 2.33. The van der Waals surface area contributed by atoms with Gasteiger partial charge in [0.05, 0.1) is 6.07 Å². The SMILES string of the molecule is CN(C(=O)CN1C(=O)N[C@](C)(c2ccc(F)cc2)C1=O)C1(C#N)CCCCC1. The molecule has 2 aliphatic rings. The monoisotopic (exact) mass is 386 g/mol. The van der Waals surface area contributed by atoms with Crippen LogP contribution in [0.2, 0.25) is 0 Å². The van der Waals surface area contributed by atoms with Gasteiger partial charge in [0.15, 0.2) is 0 Å². The van der Waals surface area contributed by atoms with E-state index in [1.807, 2.05) is 0 Å². The Morgan fingerprint density at radius 1 is 1.25 bits per heavy atom. The minimum absolute atomic E-state index is 0.427. The number of urea groups is 1. The highest BCUT2D eigenvalue weighted by Gasteiger charge is 2.50. The third-order valence-electron chi connectivity index (χ3n) is 5.89. The lowest BCUT2D eigenvalue weighted by Gasteiger charge is -2.39. The highest BCUT2D eigenvalue weighted by molar-refractivity contribution is 6.09. The summed E-state index contributed by atoms with van der Waals surface area (Å²) in [5.41, 5.74) is -1.84. The molecule has 1 saturated heterocycles. The van der Waals surface area contributed by atoms with Gasteiger partial charge in [-0.15, -0.1) is 0 Å². The van der Waals surface area contributed by atoms with Gasteiger partial charge in [0, 0.05) is 7.05 Å². The molecule has 148 valence electrons. The predicted molar refractivity (Wildman–Crippen MR) is 98.2 cm³/mol. The van der Waals surface area contributed by atoms with Crippen LogP contribution in [0.4, 0.5) is 9.18 Å². The normalized spacial score (nSPS) is 23.9. The van der Waals surface area contributed by atoms with Gasteiger partial charge in [-0.3, -0.25) is 14.5 Å². The number of nitrogens with zero attached hydrogens (tertiary/aromatic N) is 3. The lowest BCUT2D eigenvalue weighted by molar-refractivity contribution is -0.141. The van der Waals surface area contributed by atoms with Crippen LogP contribution in [0.5, 0.6) is 0 Å². The van der Waals surface area contributed by atoms with Crippen molar-refractivity contribution in [3.05, 3.63) is 35.6 Å². The van der Waals surface area contributed by atoms with E-state index < -0.39 is 41.3 Å². The van der Waals surface area contributed by atoms with Crippen molar-refractivity contribution in [2.24, 2.45) is 0 Å².